The Labute approximate surface area is 99.7 Å². The maximum Gasteiger partial charge on any atom is 0.0691 e. The van der Waals surface area contributed by atoms with Crippen molar-refractivity contribution in [1.29, 1.82) is 0 Å². The van der Waals surface area contributed by atoms with Gasteiger partial charge in [-0.25, -0.2) is 0 Å². The van der Waals surface area contributed by atoms with Crippen LogP contribution in [-0.4, -0.2) is 23.4 Å². The molecule has 94 valence electrons. The molecule has 0 spiro atoms. The molecule has 2 nitrogen and oxygen atoms in total. The summed E-state index contributed by atoms with van der Waals surface area (Å²) in [7, 11) is 0. The molecule has 0 aromatic carbocycles. The second-order valence-electron chi connectivity index (χ2n) is 6.39. The molecule has 0 aromatic heterocycles. The van der Waals surface area contributed by atoms with Gasteiger partial charge in [-0.15, -0.1) is 0 Å². The molecule has 0 radical (unpaired) electrons. The summed E-state index contributed by atoms with van der Waals surface area (Å²) in [5, 5.41) is 0. The molecule has 2 saturated heterocycles. The highest BCUT2D eigenvalue weighted by Crippen LogP contribution is 2.55. The monoisotopic (exact) mass is 226 g/mol. The Morgan fingerprint density at radius 3 is 1.50 bits per heavy atom. The highest BCUT2D eigenvalue weighted by molar-refractivity contribution is 5.09. The van der Waals surface area contributed by atoms with Gasteiger partial charge in [-0.1, -0.05) is 13.8 Å². The van der Waals surface area contributed by atoms with E-state index in [1.165, 1.54) is 0 Å². The first-order valence-corrected chi connectivity index (χ1v) is 6.69. The average Bonchev–Trinajstić information content (AvgIpc) is 2.62. The molecule has 2 heterocycles. The van der Waals surface area contributed by atoms with Gasteiger partial charge in [0.05, 0.1) is 23.4 Å². The lowest BCUT2D eigenvalue weighted by molar-refractivity contribution is -0.125. The molecular formula is C14H26O2. The van der Waals surface area contributed by atoms with Gasteiger partial charge in [0.15, 0.2) is 0 Å². The standard InChI is InChI=1S/C14H26O2/c1-7-9-11-12(10(8-2)15-9)14(5,6)16-13(11,3)4/h9-12H,7-8H2,1-6H3. The Hall–Kier alpha value is -0.0800. The number of rotatable bonds is 2. The maximum absolute atomic E-state index is 6.29. The summed E-state index contributed by atoms with van der Waals surface area (Å²) in [6.45, 7) is 13.3. The van der Waals surface area contributed by atoms with Gasteiger partial charge in [-0.2, -0.15) is 0 Å². The summed E-state index contributed by atoms with van der Waals surface area (Å²) in [6.07, 6.45) is 2.96. The van der Waals surface area contributed by atoms with E-state index in [1.807, 2.05) is 0 Å². The van der Waals surface area contributed by atoms with E-state index in [4.69, 9.17) is 9.47 Å². The third kappa shape index (κ3) is 1.62. The van der Waals surface area contributed by atoms with E-state index in [1.54, 1.807) is 0 Å². The summed E-state index contributed by atoms with van der Waals surface area (Å²) in [6, 6.07) is 0. The normalized spacial score (nSPS) is 44.6. The van der Waals surface area contributed by atoms with Gasteiger partial charge < -0.3 is 9.47 Å². The molecule has 0 N–H and O–H groups in total. The smallest absolute Gasteiger partial charge is 0.0691 e. The predicted molar refractivity (Wildman–Crippen MR) is 65.5 cm³/mol. The van der Waals surface area contributed by atoms with Crippen molar-refractivity contribution in [2.75, 3.05) is 0 Å². The van der Waals surface area contributed by atoms with Crippen molar-refractivity contribution < 1.29 is 9.47 Å². The molecule has 0 bridgehead atoms. The highest BCUT2D eigenvalue weighted by Gasteiger charge is 2.62. The molecule has 0 amide bonds. The van der Waals surface area contributed by atoms with Crippen molar-refractivity contribution in [2.24, 2.45) is 11.8 Å². The van der Waals surface area contributed by atoms with Crippen LogP contribution in [0.5, 0.6) is 0 Å². The SMILES string of the molecule is CCC1OC(CC)C2C1C(C)(C)OC2(C)C. The molecule has 0 saturated carbocycles. The fourth-order valence-corrected chi connectivity index (χ4v) is 4.13. The molecule has 4 atom stereocenters. The van der Waals surface area contributed by atoms with Crippen LogP contribution in [0.25, 0.3) is 0 Å². The van der Waals surface area contributed by atoms with Crippen molar-refractivity contribution >= 4 is 0 Å². The van der Waals surface area contributed by atoms with Crippen LogP contribution < -0.4 is 0 Å². The molecule has 16 heavy (non-hydrogen) atoms. The molecule has 4 unspecified atom stereocenters. The molecule has 2 heteroatoms. The van der Waals surface area contributed by atoms with Crippen molar-refractivity contribution in [1.82, 2.24) is 0 Å². The van der Waals surface area contributed by atoms with Gasteiger partial charge in [-0.3, -0.25) is 0 Å². The average molecular weight is 226 g/mol. The van der Waals surface area contributed by atoms with Crippen molar-refractivity contribution in [3.63, 3.8) is 0 Å². The van der Waals surface area contributed by atoms with E-state index >= 15 is 0 Å². The Morgan fingerprint density at radius 1 is 0.812 bits per heavy atom. The van der Waals surface area contributed by atoms with Gasteiger partial charge in [-0.05, 0) is 40.5 Å². The highest BCUT2D eigenvalue weighted by atomic mass is 16.6. The van der Waals surface area contributed by atoms with Crippen LogP contribution in [0.2, 0.25) is 0 Å². The zero-order valence-electron chi connectivity index (χ0n) is 11.5. The summed E-state index contributed by atoms with van der Waals surface area (Å²) < 4.78 is 12.5. The van der Waals surface area contributed by atoms with Gasteiger partial charge >= 0.3 is 0 Å². The van der Waals surface area contributed by atoms with Crippen molar-refractivity contribution in [2.45, 2.75) is 77.8 Å². The Kier molecular flexibility index (Phi) is 2.87. The quantitative estimate of drug-likeness (QED) is 0.718. The lowest BCUT2D eigenvalue weighted by Gasteiger charge is -2.31. The molecular weight excluding hydrogens is 200 g/mol. The Balaban J connectivity index is 2.35. The molecule has 2 aliphatic rings. The first kappa shape index (κ1) is 12.4. The minimum absolute atomic E-state index is 0.0429. The minimum atomic E-state index is -0.0429. The van der Waals surface area contributed by atoms with E-state index in [-0.39, 0.29) is 11.2 Å². The fourth-order valence-electron chi connectivity index (χ4n) is 4.13. The number of fused-ring (bicyclic) bond motifs is 1. The van der Waals surface area contributed by atoms with E-state index in [0.717, 1.165) is 12.8 Å². The third-order valence-corrected chi connectivity index (χ3v) is 4.47. The third-order valence-electron chi connectivity index (χ3n) is 4.47. The molecule has 0 aliphatic carbocycles. The van der Waals surface area contributed by atoms with Crippen molar-refractivity contribution in [3.8, 4) is 0 Å². The van der Waals surface area contributed by atoms with E-state index in [2.05, 4.69) is 41.5 Å². The predicted octanol–water partition coefficient (Wildman–Crippen LogP) is 3.39. The Bertz CT molecular complexity index is 244. The maximum atomic E-state index is 6.29. The van der Waals surface area contributed by atoms with Crippen LogP contribution in [-0.2, 0) is 9.47 Å². The van der Waals surface area contributed by atoms with E-state index in [0.29, 0.717) is 24.0 Å². The molecule has 2 aliphatic heterocycles. The summed E-state index contributed by atoms with van der Waals surface area (Å²) in [5.74, 6) is 1.11. The van der Waals surface area contributed by atoms with Crippen molar-refractivity contribution in [3.05, 3.63) is 0 Å². The first-order valence-electron chi connectivity index (χ1n) is 6.69. The summed E-state index contributed by atoms with van der Waals surface area (Å²) in [5.41, 5.74) is -0.0858. The second kappa shape index (κ2) is 3.71. The fraction of sp³-hybridized carbons (Fsp3) is 1.00. The van der Waals surface area contributed by atoms with E-state index in [9.17, 15) is 0 Å². The molecule has 0 aromatic rings. The van der Waals surface area contributed by atoms with Crippen LogP contribution in [0.15, 0.2) is 0 Å². The lowest BCUT2D eigenvalue weighted by Crippen LogP contribution is -2.35. The van der Waals surface area contributed by atoms with Gasteiger partial charge in [0.1, 0.15) is 0 Å². The van der Waals surface area contributed by atoms with Gasteiger partial charge in [0.25, 0.3) is 0 Å². The summed E-state index contributed by atoms with van der Waals surface area (Å²) in [4.78, 5) is 0. The first-order chi connectivity index (χ1) is 7.33. The number of ether oxygens (including phenoxy) is 2. The number of hydrogen-bond donors (Lipinski definition) is 0. The molecule has 2 fully saturated rings. The Morgan fingerprint density at radius 2 is 1.19 bits per heavy atom. The van der Waals surface area contributed by atoms with Crippen LogP contribution in [0, 0.1) is 11.8 Å². The lowest BCUT2D eigenvalue weighted by atomic mass is 9.73. The van der Waals surface area contributed by atoms with Crippen LogP contribution in [0.1, 0.15) is 54.4 Å². The largest absolute Gasteiger partial charge is 0.374 e. The number of hydrogen-bond acceptors (Lipinski definition) is 2. The summed E-state index contributed by atoms with van der Waals surface area (Å²) >= 11 is 0. The van der Waals surface area contributed by atoms with Gasteiger partial charge in [0.2, 0.25) is 0 Å². The molecule has 2 rings (SSSR count). The zero-order chi connectivity index (χ0) is 12.1. The van der Waals surface area contributed by atoms with Crippen LogP contribution in [0.3, 0.4) is 0 Å². The van der Waals surface area contributed by atoms with E-state index < -0.39 is 0 Å². The van der Waals surface area contributed by atoms with Crippen LogP contribution in [0.4, 0.5) is 0 Å². The van der Waals surface area contributed by atoms with Gasteiger partial charge in [0, 0.05) is 11.8 Å². The van der Waals surface area contributed by atoms with Crippen LogP contribution >= 0.6 is 0 Å². The second-order valence-corrected chi connectivity index (χ2v) is 6.39. The topological polar surface area (TPSA) is 18.5 Å². The zero-order valence-corrected chi connectivity index (χ0v) is 11.5. The minimum Gasteiger partial charge on any atom is -0.374 e.